The summed E-state index contributed by atoms with van der Waals surface area (Å²) in [7, 11) is -2.89. The molecule has 1 aliphatic heterocycles. The molecule has 4 nitrogen and oxygen atoms in total. The highest BCUT2D eigenvalue weighted by Crippen LogP contribution is 2.36. The van der Waals surface area contributed by atoms with Crippen LogP contribution in [0, 0.1) is 0 Å². The lowest BCUT2D eigenvalue weighted by Crippen LogP contribution is -2.69. The summed E-state index contributed by atoms with van der Waals surface area (Å²) in [6.45, 7) is 9.04. The molecule has 1 saturated heterocycles. The zero-order chi connectivity index (χ0) is 15.6. The van der Waals surface area contributed by atoms with E-state index in [4.69, 9.17) is 0 Å². The maximum atomic E-state index is 12.1. The molecule has 0 aromatic rings. The molecule has 0 amide bonds. The largest absolute Gasteiger partial charge is 0.309 e. The van der Waals surface area contributed by atoms with Gasteiger partial charge >= 0.3 is 0 Å². The smallest absolute Gasteiger partial charge is 0.151 e. The van der Waals surface area contributed by atoms with E-state index in [2.05, 4.69) is 24.1 Å². The van der Waals surface area contributed by atoms with Crippen LogP contribution in [0.2, 0.25) is 0 Å². The molecule has 2 rings (SSSR count). The maximum absolute atomic E-state index is 12.1. The second-order valence-electron chi connectivity index (χ2n) is 7.60. The van der Waals surface area contributed by atoms with Gasteiger partial charge in [0.2, 0.25) is 0 Å². The third-order valence-corrected chi connectivity index (χ3v) is 6.96. The van der Waals surface area contributed by atoms with Crippen LogP contribution >= 0.6 is 0 Å². The Hall–Kier alpha value is -0.130. The zero-order valence-electron chi connectivity index (χ0n) is 14.0. The monoisotopic (exact) mass is 316 g/mol. The first kappa shape index (κ1) is 17.2. The minimum Gasteiger partial charge on any atom is -0.309 e. The SMILES string of the molecule is CCCS(=O)(=O)CCN1CC(C)(C)NCC12CCCCC2. The molecule has 0 aromatic carbocycles. The van der Waals surface area contributed by atoms with Crippen molar-refractivity contribution >= 4 is 9.84 Å². The number of piperazine rings is 1. The summed E-state index contributed by atoms with van der Waals surface area (Å²) in [5.41, 5.74) is 0.284. The van der Waals surface area contributed by atoms with Crippen LogP contribution in [0.4, 0.5) is 0 Å². The van der Waals surface area contributed by atoms with Gasteiger partial charge in [0.1, 0.15) is 0 Å². The van der Waals surface area contributed by atoms with Gasteiger partial charge in [0, 0.05) is 36.5 Å². The number of rotatable bonds is 5. The first-order valence-corrected chi connectivity index (χ1v) is 10.3. The normalized spacial score (nSPS) is 26.0. The van der Waals surface area contributed by atoms with E-state index in [1.165, 1.54) is 32.1 Å². The molecule has 21 heavy (non-hydrogen) atoms. The van der Waals surface area contributed by atoms with E-state index in [0.29, 0.717) is 18.1 Å². The van der Waals surface area contributed by atoms with Crippen molar-refractivity contribution in [3.8, 4) is 0 Å². The van der Waals surface area contributed by atoms with Crippen LogP contribution in [-0.2, 0) is 9.84 Å². The summed E-state index contributed by atoms with van der Waals surface area (Å²) in [5, 5.41) is 3.68. The van der Waals surface area contributed by atoms with Gasteiger partial charge in [-0.05, 0) is 33.1 Å². The number of hydrogen-bond donors (Lipinski definition) is 1. The molecule has 0 radical (unpaired) electrons. The molecule has 124 valence electrons. The Morgan fingerprint density at radius 1 is 1.10 bits per heavy atom. The quantitative estimate of drug-likeness (QED) is 0.845. The number of nitrogens with one attached hydrogen (secondary N) is 1. The molecule has 1 N–H and O–H groups in total. The third-order valence-electron chi connectivity index (χ3n) is 5.12. The Labute approximate surface area is 130 Å². The van der Waals surface area contributed by atoms with Crippen LogP contribution in [0.15, 0.2) is 0 Å². The van der Waals surface area contributed by atoms with Gasteiger partial charge in [0.15, 0.2) is 9.84 Å². The minimum absolute atomic E-state index is 0.0806. The van der Waals surface area contributed by atoms with Crippen LogP contribution in [0.1, 0.15) is 59.3 Å². The molecular weight excluding hydrogens is 284 g/mol. The average Bonchev–Trinajstić information content (AvgIpc) is 2.41. The highest BCUT2D eigenvalue weighted by Gasteiger charge is 2.44. The van der Waals surface area contributed by atoms with Gasteiger partial charge in [-0.15, -0.1) is 0 Å². The van der Waals surface area contributed by atoms with Gasteiger partial charge < -0.3 is 5.32 Å². The fourth-order valence-electron chi connectivity index (χ4n) is 3.90. The Kier molecular flexibility index (Phi) is 5.37. The van der Waals surface area contributed by atoms with E-state index in [0.717, 1.165) is 19.5 Å². The maximum Gasteiger partial charge on any atom is 0.151 e. The van der Waals surface area contributed by atoms with Crippen molar-refractivity contribution < 1.29 is 8.42 Å². The second kappa shape index (κ2) is 6.55. The Morgan fingerprint density at radius 2 is 1.76 bits per heavy atom. The van der Waals surface area contributed by atoms with Crippen molar-refractivity contribution in [3.63, 3.8) is 0 Å². The molecule has 0 aromatic heterocycles. The van der Waals surface area contributed by atoms with Crippen molar-refractivity contribution in [2.24, 2.45) is 0 Å². The first-order chi connectivity index (χ1) is 9.79. The van der Waals surface area contributed by atoms with Crippen LogP contribution in [0.5, 0.6) is 0 Å². The number of nitrogens with zero attached hydrogens (tertiary/aromatic N) is 1. The van der Waals surface area contributed by atoms with E-state index in [9.17, 15) is 8.42 Å². The summed E-state index contributed by atoms with van der Waals surface area (Å²) in [6, 6.07) is 0. The Balaban J connectivity index is 2.07. The number of hydrogen-bond acceptors (Lipinski definition) is 4. The molecule has 1 spiro atoms. The Morgan fingerprint density at radius 3 is 2.38 bits per heavy atom. The molecule has 1 saturated carbocycles. The summed E-state index contributed by atoms with van der Waals surface area (Å²) in [6.07, 6.45) is 7.03. The average molecular weight is 317 g/mol. The van der Waals surface area contributed by atoms with Gasteiger partial charge in [-0.1, -0.05) is 26.2 Å². The summed E-state index contributed by atoms with van der Waals surface area (Å²) in [5.74, 6) is 0.647. The first-order valence-electron chi connectivity index (χ1n) is 8.49. The zero-order valence-corrected chi connectivity index (χ0v) is 14.8. The highest BCUT2D eigenvalue weighted by molar-refractivity contribution is 7.91. The lowest BCUT2D eigenvalue weighted by atomic mass is 9.77. The Bertz CT molecular complexity index is 439. The molecule has 0 atom stereocenters. The molecule has 5 heteroatoms. The number of sulfone groups is 1. The molecular formula is C16H32N2O2S. The van der Waals surface area contributed by atoms with Gasteiger partial charge in [-0.2, -0.15) is 0 Å². The minimum atomic E-state index is -2.89. The van der Waals surface area contributed by atoms with Gasteiger partial charge in [-0.25, -0.2) is 8.42 Å². The van der Waals surface area contributed by atoms with Crippen LogP contribution in [0.25, 0.3) is 0 Å². The van der Waals surface area contributed by atoms with E-state index in [1.807, 2.05) is 6.92 Å². The second-order valence-corrected chi connectivity index (χ2v) is 9.90. The fraction of sp³-hybridized carbons (Fsp3) is 1.00. The third kappa shape index (κ3) is 4.42. The molecule has 1 heterocycles. The van der Waals surface area contributed by atoms with Crippen molar-refractivity contribution in [2.75, 3.05) is 31.1 Å². The predicted octanol–water partition coefficient (Wildman–Crippen LogP) is 2.20. The lowest BCUT2D eigenvalue weighted by Gasteiger charge is -2.54. The predicted molar refractivity (Wildman–Crippen MR) is 88.4 cm³/mol. The van der Waals surface area contributed by atoms with Crippen molar-refractivity contribution in [1.82, 2.24) is 10.2 Å². The fourth-order valence-corrected chi connectivity index (χ4v) is 5.22. The standard InChI is InChI=1S/C16H32N2O2S/c1-4-11-21(19,20)12-10-18-14-15(2,3)17-13-16(18)8-6-5-7-9-16/h17H,4-14H2,1-3H3. The van der Waals surface area contributed by atoms with Gasteiger partial charge in [-0.3, -0.25) is 4.90 Å². The van der Waals surface area contributed by atoms with Crippen LogP contribution in [0.3, 0.4) is 0 Å². The lowest BCUT2D eigenvalue weighted by molar-refractivity contribution is -0.00534. The van der Waals surface area contributed by atoms with Gasteiger partial charge in [0.05, 0.1) is 5.75 Å². The van der Waals surface area contributed by atoms with Crippen LogP contribution < -0.4 is 5.32 Å². The van der Waals surface area contributed by atoms with E-state index >= 15 is 0 Å². The van der Waals surface area contributed by atoms with Crippen molar-refractivity contribution in [3.05, 3.63) is 0 Å². The molecule has 0 unspecified atom stereocenters. The summed E-state index contributed by atoms with van der Waals surface area (Å²) in [4.78, 5) is 2.50. The summed E-state index contributed by atoms with van der Waals surface area (Å²) < 4.78 is 24.1. The van der Waals surface area contributed by atoms with Crippen molar-refractivity contribution in [1.29, 1.82) is 0 Å². The molecule has 2 aliphatic rings. The van der Waals surface area contributed by atoms with Gasteiger partial charge in [0.25, 0.3) is 0 Å². The molecule has 2 fully saturated rings. The van der Waals surface area contributed by atoms with E-state index < -0.39 is 9.84 Å². The molecule has 1 aliphatic carbocycles. The molecule has 0 bridgehead atoms. The van der Waals surface area contributed by atoms with Crippen molar-refractivity contribution in [2.45, 2.75) is 70.4 Å². The topological polar surface area (TPSA) is 49.4 Å². The summed E-state index contributed by atoms with van der Waals surface area (Å²) >= 11 is 0. The van der Waals surface area contributed by atoms with Crippen LogP contribution in [-0.4, -0.2) is 55.5 Å². The highest BCUT2D eigenvalue weighted by atomic mass is 32.2. The van der Waals surface area contributed by atoms with E-state index in [-0.39, 0.29) is 11.1 Å². The van der Waals surface area contributed by atoms with E-state index in [1.54, 1.807) is 0 Å².